The number of sulfone groups is 1. The summed E-state index contributed by atoms with van der Waals surface area (Å²) in [5, 5.41) is 8.90. The second-order valence-electron chi connectivity index (χ2n) is 4.62. The van der Waals surface area contributed by atoms with Gasteiger partial charge in [0.05, 0.1) is 4.90 Å². The number of hydrogen-bond acceptors (Lipinski definition) is 5. The number of aliphatic hydroxyl groups excluding tert-OH is 1. The zero-order valence-corrected chi connectivity index (χ0v) is 12.4. The Morgan fingerprint density at radius 1 is 1.24 bits per heavy atom. The molecule has 0 saturated heterocycles. The average molecular weight is 308 g/mol. The summed E-state index contributed by atoms with van der Waals surface area (Å²) in [6.07, 6.45) is 0.194. The van der Waals surface area contributed by atoms with Gasteiger partial charge in [-0.25, -0.2) is 13.4 Å². The molecule has 0 aliphatic rings. The minimum Gasteiger partial charge on any atom is -0.396 e. The van der Waals surface area contributed by atoms with Crippen molar-refractivity contribution in [2.24, 2.45) is 0 Å². The van der Waals surface area contributed by atoms with Crippen LogP contribution in [0.3, 0.4) is 0 Å². The summed E-state index contributed by atoms with van der Waals surface area (Å²) < 4.78 is 24.5. The number of nitrogens with one attached hydrogen (secondary N) is 1. The zero-order valence-electron chi connectivity index (χ0n) is 11.5. The van der Waals surface area contributed by atoms with Crippen molar-refractivity contribution in [2.45, 2.75) is 24.0 Å². The van der Waals surface area contributed by atoms with E-state index in [0.717, 1.165) is 0 Å². The Hall–Kier alpha value is -1.99. The predicted molar refractivity (Wildman–Crippen MR) is 77.7 cm³/mol. The first kappa shape index (κ1) is 15.4. The summed E-state index contributed by atoms with van der Waals surface area (Å²) in [5.74, 6) is -0.269. The minimum absolute atomic E-state index is 0.100. The van der Waals surface area contributed by atoms with Gasteiger partial charge in [0.25, 0.3) is 5.56 Å². The summed E-state index contributed by atoms with van der Waals surface area (Å²) in [6, 6.07) is 8.01. The monoisotopic (exact) mass is 308 g/mol. The molecule has 0 aliphatic heterocycles. The number of benzene rings is 1. The fraction of sp³-hybridized carbons (Fsp3) is 0.286. The molecule has 0 bridgehead atoms. The number of H-pyrrole nitrogens is 1. The third-order valence-electron chi connectivity index (χ3n) is 3.06. The van der Waals surface area contributed by atoms with E-state index in [4.69, 9.17) is 5.11 Å². The molecule has 0 spiro atoms. The topological polar surface area (TPSA) is 100 Å². The molecule has 1 aromatic heterocycles. The van der Waals surface area contributed by atoms with Gasteiger partial charge in [-0.2, -0.15) is 0 Å². The molecule has 2 N–H and O–H groups in total. The molecule has 21 heavy (non-hydrogen) atoms. The lowest BCUT2D eigenvalue weighted by Gasteiger charge is -2.07. The first-order valence-corrected chi connectivity index (χ1v) is 8.06. The zero-order chi connectivity index (χ0) is 15.5. The van der Waals surface area contributed by atoms with Gasteiger partial charge in [-0.3, -0.25) is 4.79 Å². The van der Waals surface area contributed by atoms with Crippen LogP contribution in [-0.4, -0.2) is 30.1 Å². The van der Waals surface area contributed by atoms with Crippen LogP contribution >= 0.6 is 0 Å². The quantitative estimate of drug-likeness (QED) is 0.842. The Labute approximate surface area is 122 Å². The predicted octanol–water partition coefficient (Wildman–Crippen LogP) is 0.587. The average Bonchev–Trinajstić information content (AvgIpc) is 2.43. The molecule has 1 aromatic carbocycles. The number of aromatic nitrogens is 2. The molecule has 1 heterocycles. The van der Waals surface area contributed by atoms with Gasteiger partial charge in [-0.15, -0.1) is 0 Å². The van der Waals surface area contributed by atoms with Crippen molar-refractivity contribution >= 4 is 9.84 Å². The van der Waals surface area contributed by atoms with Gasteiger partial charge in [0.1, 0.15) is 11.6 Å². The maximum Gasteiger partial charge on any atom is 0.254 e. The molecule has 6 nitrogen and oxygen atoms in total. The first-order valence-electron chi connectivity index (χ1n) is 6.41. The van der Waals surface area contributed by atoms with Crippen molar-refractivity contribution < 1.29 is 13.5 Å². The minimum atomic E-state index is -3.55. The Bertz CT molecular complexity index is 782. The highest BCUT2D eigenvalue weighted by Crippen LogP contribution is 2.14. The summed E-state index contributed by atoms with van der Waals surface area (Å²) in [4.78, 5) is 18.6. The van der Waals surface area contributed by atoms with E-state index in [1.807, 2.05) is 0 Å². The molecular formula is C14H16N2O4S. The van der Waals surface area contributed by atoms with Crippen LogP contribution in [0.15, 0.2) is 40.0 Å². The maximum atomic E-state index is 12.2. The van der Waals surface area contributed by atoms with Crippen molar-refractivity contribution in [1.82, 2.24) is 9.97 Å². The molecule has 112 valence electrons. The number of aliphatic hydroxyl groups is 1. The highest BCUT2D eigenvalue weighted by atomic mass is 32.2. The Kier molecular flexibility index (Phi) is 4.54. The van der Waals surface area contributed by atoms with E-state index < -0.39 is 15.4 Å². The van der Waals surface area contributed by atoms with Crippen LogP contribution < -0.4 is 5.56 Å². The SMILES string of the molecule is Cc1nc(CS(=O)(=O)c2ccccc2)[nH]c(=O)c1CCO. The molecule has 0 radical (unpaired) electrons. The summed E-state index contributed by atoms with van der Waals surface area (Å²) >= 11 is 0. The normalized spacial score (nSPS) is 11.5. The number of aromatic amines is 1. The smallest absolute Gasteiger partial charge is 0.254 e. The maximum absolute atomic E-state index is 12.2. The second kappa shape index (κ2) is 6.19. The lowest BCUT2D eigenvalue weighted by molar-refractivity contribution is 0.298. The van der Waals surface area contributed by atoms with E-state index in [0.29, 0.717) is 11.3 Å². The van der Waals surface area contributed by atoms with Crippen LogP contribution in [0.1, 0.15) is 17.1 Å². The Morgan fingerprint density at radius 3 is 2.48 bits per heavy atom. The molecule has 0 atom stereocenters. The molecular weight excluding hydrogens is 292 g/mol. The van der Waals surface area contributed by atoms with E-state index in [9.17, 15) is 13.2 Å². The molecule has 0 unspecified atom stereocenters. The summed E-state index contributed by atoms with van der Waals surface area (Å²) in [6.45, 7) is 1.46. The fourth-order valence-electron chi connectivity index (χ4n) is 2.03. The highest BCUT2D eigenvalue weighted by molar-refractivity contribution is 7.90. The van der Waals surface area contributed by atoms with E-state index in [1.165, 1.54) is 12.1 Å². The number of aryl methyl sites for hydroxylation is 1. The van der Waals surface area contributed by atoms with E-state index in [-0.39, 0.29) is 29.5 Å². The van der Waals surface area contributed by atoms with Crippen molar-refractivity contribution in [3.05, 3.63) is 57.8 Å². The molecule has 0 amide bonds. The number of nitrogens with zero attached hydrogens (tertiary/aromatic N) is 1. The van der Waals surface area contributed by atoms with Crippen molar-refractivity contribution in [1.29, 1.82) is 0 Å². The van der Waals surface area contributed by atoms with Crippen LogP contribution in [0.25, 0.3) is 0 Å². The molecule has 2 rings (SSSR count). The van der Waals surface area contributed by atoms with Crippen molar-refractivity contribution in [3.8, 4) is 0 Å². The number of rotatable bonds is 5. The van der Waals surface area contributed by atoms with E-state index in [2.05, 4.69) is 9.97 Å². The van der Waals surface area contributed by atoms with Gasteiger partial charge in [-0.1, -0.05) is 18.2 Å². The number of hydrogen-bond donors (Lipinski definition) is 2. The van der Waals surface area contributed by atoms with Gasteiger partial charge < -0.3 is 10.1 Å². The van der Waals surface area contributed by atoms with Crippen molar-refractivity contribution in [2.75, 3.05) is 6.61 Å². The van der Waals surface area contributed by atoms with Gasteiger partial charge in [-0.05, 0) is 19.1 Å². The first-order chi connectivity index (χ1) is 9.94. The van der Waals surface area contributed by atoms with E-state index in [1.54, 1.807) is 25.1 Å². The third-order valence-corrected chi connectivity index (χ3v) is 4.71. The Balaban J connectivity index is 2.35. The standard InChI is InChI=1S/C14H16N2O4S/c1-10-12(7-8-17)14(18)16-13(15-10)9-21(19,20)11-5-3-2-4-6-11/h2-6,17H,7-9H2,1H3,(H,15,16,18). The van der Waals surface area contributed by atoms with Crippen LogP contribution in [0, 0.1) is 6.92 Å². The second-order valence-corrected chi connectivity index (χ2v) is 6.61. The van der Waals surface area contributed by atoms with Crippen LogP contribution in [0.2, 0.25) is 0 Å². The van der Waals surface area contributed by atoms with Gasteiger partial charge in [0.2, 0.25) is 0 Å². The van der Waals surface area contributed by atoms with Crippen LogP contribution in [0.5, 0.6) is 0 Å². The van der Waals surface area contributed by atoms with Crippen molar-refractivity contribution in [3.63, 3.8) is 0 Å². The molecule has 0 fully saturated rings. The molecule has 7 heteroatoms. The Morgan fingerprint density at radius 2 is 1.90 bits per heavy atom. The third kappa shape index (κ3) is 3.56. The molecule has 0 saturated carbocycles. The van der Waals surface area contributed by atoms with Gasteiger partial charge in [0, 0.05) is 24.3 Å². The highest BCUT2D eigenvalue weighted by Gasteiger charge is 2.17. The largest absolute Gasteiger partial charge is 0.396 e. The van der Waals surface area contributed by atoms with Gasteiger partial charge >= 0.3 is 0 Å². The van der Waals surface area contributed by atoms with Crippen LogP contribution in [0.4, 0.5) is 0 Å². The van der Waals surface area contributed by atoms with Crippen LogP contribution in [-0.2, 0) is 22.0 Å². The summed E-state index contributed by atoms with van der Waals surface area (Å²) in [5.41, 5.74) is 0.402. The van der Waals surface area contributed by atoms with E-state index >= 15 is 0 Å². The fourth-order valence-corrected chi connectivity index (χ4v) is 3.27. The lowest BCUT2D eigenvalue weighted by Crippen LogP contribution is -2.21. The summed E-state index contributed by atoms with van der Waals surface area (Å²) in [7, 11) is -3.55. The lowest BCUT2D eigenvalue weighted by atomic mass is 10.2. The van der Waals surface area contributed by atoms with Gasteiger partial charge in [0.15, 0.2) is 9.84 Å². The molecule has 2 aromatic rings. The molecule has 0 aliphatic carbocycles.